The highest BCUT2D eigenvalue weighted by Gasteiger charge is 2.59. The van der Waals surface area contributed by atoms with Gasteiger partial charge in [-0.3, -0.25) is 14.4 Å². The third kappa shape index (κ3) is 5.46. The van der Waals surface area contributed by atoms with Crippen molar-refractivity contribution in [3.63, 3.8) is 0 Å². The summed E-state index contributed by atoms with van der Waals surface area (Å²) in [6, 6.07) is 0. The fourth-order valence-corrected chi connectivity index (χ4v) is 4.84. The van der Waals surface area contributed by atoms with Gasteiger partial charge in [0, 0.05) is 5.57 Å². The molecule has 2 rings (SSSR count). The number of rotatable bonds is 9. The summed E-state index contributed by atoms with van der Waals surface area (Å²) in [5.41, 5.74) is -3.12. The van der Waals surface area contributed by atoms with Crippen LogP contribution >= 0.6 is 0 Å². The minimum absolute atomic E-state index is 0.335. The van der Waals surface area contributed by atoms with Crippen molar-refractivity contribution in [2.45, 2.75) is 90.3 Å². The molecule has 0 heterocycles. The van der Waals surface area contributed by atoms with E-state index in [1.54, 1.807) is 0 Å². The van der Waals surface area contributed by atoms with E-state index in [0.29, 0.717) is 25.7 Å². The highest BCUT2D eigenvalue weighted by Crippen LogP contribution is 2.45. The van der Waals surface area contributed by atoms with Crippen molar-refractivity contribution in [1.29, 1.82) is 0 Å². The van der Waals surface area contributed by atoms with E-state index in [0.717, 1.165) is 38.5 Å². The van der Waals surface area contributed by atoms with E-state index in [1.165, 1.54) is 13.8 Å². The van der Waals surface area contributed by atoms with Gasteiger partial charge in [0.2, 0.25) is 0 Å². The van der Waals surface area contributed by atoms with Crippen LogP contribution in [0.5, 0.6) is 0 Å². The number of esters is 2. The van der Waals surface area contributed by atoms with Crippen molar-refractivity contribution in [3.05, 3.63) is 12.2 Å². The van der Waals surface area contributed by atoms with Gasteiger partial charge >= 0.3 is 23.9 Å². The van der Waals surface area contributed by atoms with Crippen molar-refractivity contribution in [1.82, 2.24) is 0 Å². The highest BCUT2D eigenvalue weighted by molar-refractivity contribution is 6.01. The summed E-state index contributed by atoms with van der Waals surface area (Å²) in [5.74, 6) is -7.75. The second-order valence-corrected chi connectivity index (χ2v) is 8.80. The van der Waals surface area contributed by atoms with E-state index in [9.17, 15) is 29.4 Å². The van der Waals surface area contributed by atoms with Crippen LogP contribution in [0.15, 0.2) is 12.2 Å². The molecule has 174 valence electrons. The van der Waals surface area contributed by atoms with Gasteiger partial charge in [-0.1, -0.05) is 33.3 Å². The first-order chi connectivity index (χ1) is 14.6. The first kappa shape index (κ1) is 24.9. The van der Waals surface area contributed by atoms with Crippen molar-refractivity contribution in [2.24, 2.45) is 17.3 Å². The summed E-state index contributed by atoms with van der Waals surface area (Å²) in [4.78, 5) is 50.2. The predicted molar refractivity (Wildman–Crippen MR) is 111 cm³/mol. The molecule has 0 saturated heterocycles. The Balaban J connectivity index is 2.32. The summed E-state index contributed by atoms with van der Waals surface area (Å²) in [6.07, 6.45) is 7.75. The monoisotopic (exact) mass is 438 g/mol. The zero-order valence-corrected chi connectivity index (χ0v) is 18.4. The Kier molecular flexibility index (Phi) is 8.65. The van der Waals surface area contributed by atoms with Crippen molar-refractivity contribution >= 4 is 23.9 Å². The molecule has 0 aromatic carbocycles. The molecule has 8 heteroatoms. The van der Waals surface area contributed by atoms with E-state index < -0.39 is 46.7 Å². The number of hydrogen-bond acceptors (Lipinski definition) is 6. The lowest BCUT2D eigenvalue weighted by Gasteiger charge is -2.39. The van der Waals surface area contributed by atoms with Crippen LogP contribution in [0.3, 0.4) is 0 Å². The Morgan fingerprint density at radius 3 is 1.42 bits per heavy atom. The molecule has 2 saturated carbocycles. The summed E-state index contributed by atoms with van der Waals surface area (Å²) in [7, 11) is 0. The van der Waals surface area contributed by atoms with Gasteiger partial charge in [0.15, 0.2) is 0 Å². The van der Waals surface area contributed by atoms with Gasteiger partial charge in [0.25, 0.3) is 0 Å². The van der Waals surface area contributed by atoms with Gasteiger partial charge < -0.3 is 19.7 Å². The van der Waals surface area contributed by atoms with Gasteiger partial charge in [-0.2, -0.15) is 0 Å². The fourth-order valence-electron chi connectivity index (χ4n) is 4.84. The molecule has 2 aliphatic rings. The highest BCUT2D eigenvalue weighted by atomic mass is 16.5. The predicted octanol–water partition coefficient (Wildman–Crippen LogP) is 3.72. The van der Waals surface area contributed by atoms with Gasteiger partial charge in [-0.25, -0.2) is 4.79 Å². The molecule has 0 spiro atoms. The average Bonchev–Trinajstić information content (AvgIpc) is 2.74. The molecule has 31 heavy (non-hydrogen) atoms. The minimum Gasteiger partial charge on any atom is -0.481 e. The van der Waals surface area contributed by atoms with Crippen LogP contribution < -0.4 is 0 Å². The van der Waals surface area contributed by atoms with Crippen LogP contribution in [-0.4, -0.2) is 46.3 Å². The zero-order chi connectivity index (χ0) is 23.2. The molecular weight excluding hydrogens is 404 g/mol. The lowest BCUT2D eigenvalue weighted by Crippen LogP contribution is -2.52. The lowest BCUT2D eigenvalue weighted by molar-refractivity contribution is -0.178. The van der Waals surface area contributed by atoms with Crippen LogP contribution in [0.1, 0.15) is 78.1 Å². The molecule has 2 fully saturated rings. The van der Waals surface area contributed by atoms with Gasteiger partial charge in [0.05, 0.1) is 11.8 Å². The van der Waals surface area contributed by atoms with E-state index in [1.807, 2.05) is 0 Å². The number of aliphatic carboxylic acids is 2. The smallest absolute Gasteiger partial charge is 0.332 e. The maximum absolute atomic E-state index is 12.9. The molecule has 2 aliphatic carbocycles. The number of carbonyl (C=O) groups excluding carboxylic acids is 2. The molecule has 2 atom stereocenters. The number of carboxylic acid groups (broad SMARTS) is 2. The fraction of sp³-hybridized carbons (Fsp3) is 0.739. The molecule has 2 N–H and O–H groups in total. The van der Waals surface area contributed by atoms with Crippen molar-refractivity contribution in [2.75, 3.05) is 0 Å². The Hall–Kier alpha value is -2.38. The maximum atomic E-state index is 12.9. The summed E-state index contributed by atoms with van der Waals surface area (Å²) >= 11 is 0. The van der Waals surface area contributed by atoms with Crippen LogP contribution in [0, 0.1) is 17.3 Å². The van der Waals surface area contributed by atoms with Crippen molar-refractivity contribution < 1.29 is 38.9 Å². The Bertz CT molecular complexity index is 662. The first-order valence-electron chi connectivity index (χ1n) is 11.2. The third-order valence-electron chi connectivity index (χ3n) is 6.85. The zero-order valence-electron chi connectivity index (χ0n) is 18.4. The van der Waals surface area contributed by atoms with E-state index >= 15 is 0 Å². The van der Waals surface area contributed by atoms with E-state index in [2.05, 4.69) is 6.58 Å². The van der Waals surface area contributed by atoms with Crippen LogP contribution in [0.4, 0.5) is 0 Å². The van der Waals surface area contributed by atoms with Gasteiger partial charge in [-0.15, -0.1) is 0 Å². The molecule has 0 aliphatic heterocycles. The maximum Gasteiger partial charge on any atom is 0.332 e. The number of carboxylic acids is 2. The molecule has 8 nitrogen and oxygen atoms in total. The Morgan fingerprint density at radius 1 is 0.774 bits per heavy atom. The summed E-state index contributed by atoms with van der Waals surface area (Å²) < 4.78 is 11.1. The average molecular weight is 439 g/mol. The van der Waals surface area contributed by atoms with Crippen LogP contribution in [0.2, 0.25) is 0 Å². The summed E-state index contributed by atoms with van der Waals surface area (Å²) in [5, 5.41) is 19.8. The lowest BCUT2D eigenvalue weighted by atomic mass is 9.63. The largest absolute Gasteiger partial charge is 0.481 e. The van der Waals surface area contributed by atoms with E-state index in [4.69, 9.17) is 9.47 Å². The quantitative estimate of drug-likeness (QED) is 0.412. The minimum atomic E-state index is -2.39. The Morgan fingerprint density at radius 2 is 1.13 bits per heavy atom. The van der Waals surface area contributed by atoms with Gasteiger partial charge in [0.1, 0.15) is 17.6 Å². The molecule has 0 aromatic heterocycles. The topological polar surface area (TPSA) is 127 Å². The van der Waals surface area contributed by atoms with Crippen molar-refractivity contribution in [3.8, 4) is 0 Å². The third-order valence-corrected chi connectivity index (χ3v) is 6.85. The molecule has 2 unspecified atom stereocenters. The second kappa shape index (κ2) is 10.8. The first-order valence-corrected chi connectivity index (χ1v) is 11.2. The van der Waals surface area contributed by atoms with Crippen LogP contribution in [-0.2, 0) is 28.7 Å². The normalized spacial score (nSPS) is 21.9. The number of hydrogen-bond donors (Lipinski definition) is 2. The van der Waals surface area contributed by atoms with Gasteiger partial charge in [-0.05, 0) is 51.4 Å². The van der Waals surface area contributed by atoms with Crippen LogP contribution in [0.25, 0.3) is 0 Å². The molecule has 0 radical (unpaired) electrons. The number of carbonyl (C=O) groups is 4. The second-order valence-electron chi connectivity index (χ2n) is 8.80. The molecule has 0 bridgehead atoms. The number of ether oxygens (including phenoxy) is 2. The Labute approximate surface area is 183 Å². The SMILES string of the molecule is C=C(C(=O)O)C(C(=O)O)(C(C)C(=O)OC1CCCCC1)C(C)C(=O)OC1CCCCC1. The van der Waals surface area contributed by atoms with E-state index in [-0.39, 0.29) is 12.2 Å². The molecule has 0 aromatic rings. The molecule has 0 amide bonds. The summed E-state index contributed by atoms with van der Waals surface area (Å²) in [6.45, 7) is 6.03. The molecular formula is C23H34O8. The standard InChI is InChI=1S/C23H34O8/c1-14(19(24)25)23(22(28)29,15(2)20(26)30-17-10-6-4-7-11-17)16(3)21(27)31-18-12-8-5-9-13-18/h15-18H,1,4-13H2,2-3H3,(H,24,25)(H,28,29).